The Labute approximate surface area is 122 Å². The highest BCUT2D eigenvalue weighted by atomic mass is 16.5. The minimum Gasteiger partial charge on any atom is -0.485 e. The second-order valence-electron chi connectivity index (χ2n) is 4.14. The summed E-state index contributed by atoms with van der Waals surface area (Å²) >= 11 is 0. The van der Waals surface area contributed by atoms with Gasteiger partial charge in [-0.05, 0) is 29.8 Å². The van der Waals surface area contributed by atoms with E-state index >= 15 is 0 Å². The van der Waals surface area contributed by atoms with Crippen molar-refractivity contribution < 1.29 is 19.1 Å². The molecular formula is C16H14NO4. The first-order valence-electron chi connectivity index (χ1n) is 6.33. The first-order chi connectivity index (χ1) is 10.3. The van der Waals surface area contributed by atoms with Crippen molar-refractivity contribution in [1.29, 1.82) is 0 Å². The Bertz CT molecular complexity index is 581. The van der Waals surface area contributed by atoms with Crippen molar-refractivity contribution in [3.63, 3.8) is 0 Å². The zero-order valence-electron chi connectivity index (χ0n) is 11.2. The largest absolute Gasteiger partial charge is 0.485 e. The monoisotopic (exact) mass is 284 g/mol. The zero-order valence-corrected chi connectivity index (χ0v) is 11.2. The van der Waals surface area contributed by atoms with Crippen LogP contribution in [-0.2, 0) is 16.1 Å². The zero-order chi connectivity index (χ0) is 14.9. The lowest BCUT2D eigenvalue weighted by Gasteiger charge is -2.08. The standard InChI is InChI=1S/C16H14NO4/c18-10-11-20-15-8-6-14(7-9-15)17-16(19)21-12-13-4-2-1-3-5-13/h1-9H,11-12H2,(H,17,19). The van der Waals surface area contributed by atoms with E-state index in [1.807, 2.05) is 30.3 Å². The molecule has 5 heteroatoms. The lowest BCUT2D eigenvalue weighted by atomic mass is 10.2. The van der Waals surface area contributed by atoms with Crippen LogP contribution >= 0.6 is 0 Å². The van der Waals surface area contributed by atoms with Gasteiger partial charge in [0.05, 0.1) is 0 Å². The quantitative estimate of drug-likeness (QED) is 0.885. The van der Waals surface area contributed by atoms with E-state index in [1.54, 1.807) is 30.6 Å². The second-order valence-corrected chi connectivity index (χ2v) is 4.14. The molecule has 0 atom stereocenters. The van der Waals surface area contributed by atoms with E-state index < -0.39 is 6.09 Å². The van der Waals surface area contributed by atoms with Crippen molar-refractivity contribution in [2.24, 2.45) is 0 Å². The van der Waals surface area contributed by atoms with Gasteiger partial charge in [0.25, 0.3) is 0 Å². The van der Waals surface area contributed by atoms with Gasteiger partial charge < -0.3 is 9.47 Å². The minimum atomic E-state index is -0.534. The Hall–Kier alpha value is -2.82. The molecule has 0 heterocycles. The third-order valence-electron chi connectivity index (χ3n) is 2.61. The average molecular weight is 284 g/mol. The molecule has 0 spiro atoms. The van der Waals surface area contributed by atoms with Crippen LogP contribution in [-0.4, -0.2) is 19.0 Å². The highest BCUT2D eigenvalue weighted by Gasteiger charge is 2.04. The predicted molar refractivity (Wildman–Crippen MR) is 77.9 cm³/mol. The van der Waals surface area contributed by atoms with Crippen molar-refractivity contribution in [2.75, 3.05) is 11.9 Å². The molecular weight excluding hydrogens is 270 g/mol. The van der Waals surface area contributed by atoms with Crippen molar-refractivity contribution in [3.8, 4) is 5.75 Å². The van der Waals surface area contributed by atoms with E-state index in [2.05, 4.69) is 5.32 Å². The number of hydrogen-bond donors (Lipinski definition) is 1. The van der Waals surface area contributed by atoms with Gasteiger partial charge in [-0.25, -0.2) is 4.79 Å². The van der Waals surface area contributed by atoms with Crippen LogP contribution in [0.2, 0.25) is 0 Å². The smallest absolute Gasteiger partial charge is 0.411 e. The number of nitrogens with one attached hydrogen (secondary N) is 1. The summed E-state index contributed by atoms with van der Waals surface area (Å²) in [5.41, 5.74) is 1.50. The normalized spacial score (nSPS) is 9.71. The number of hydrogen-bond acceptors (Lipinski definition) is 4. The summed E-state index contributed by atoms with van der Waals surface area (Å²) in [6, 6.07) is 16.0. The predicted octanol–water partition coefficient (Wildman–Crippen LogP) is 2.92. The van der Waals surface area contributed by atoms with Crippen LogP contribution in [0.3, 0.4) is 0 Å². The summed E-state index contributed by atoms with van der Waals surface area (Å²) in [5.74, 6) is 0.529. The number of carbonyl (C=O) groups is 1. The number of benzene rings is 2. The van der Waals surface area contributed by atoms with E-state index in [0.29, 0.717) is 11.4 Å². The van der Waals surface area contributed by atoms with Gasteiger partial charge in [0.1, 0.15) is 12.4 Å². The summed E-state index contributed by atoms with van der Waals surface area (Å²) in [7, 11) is 0. The summed E-state index contributed by atoms with van der Waals surface area (Å²) in [5, 5.41) is 2.60. The topological polar surface area (TPSA) is 64.6 Å². The maximum atomic E-state index is 11.6. The maximum absolute atomic E-state index is 11.6. The molecule has 0 unspecified atom stereocenters. The molecule has 0 aliphatic rings. The summed E-state index contributed by atoms with van der Waals surface area (Å²) in [6.45, 7) is 0.0922. The number of ether oxygens (including phenoxy) is 2. The fraction of sp³-hybridized carbons (Fsp3) is 0.125. The van der Waals surface area contributed by atoms with E-state index in [1.165, 1.54) is 0 Å². The second kappa shape index (κ2) is 7.69. The Kier molecular flexibility index (Phi) is 5.34. The molecule has 1 amide bonds. The first-order valence-corrected chi connectivity index (χ1v) is 6.33. The van der Waals surface area contributed by atoms with Gasteiger partial charge in [-0.15, -0.1) is 0 Å². The lowest BCUT2D eigenvalue weighted by molar-refractivity contribution is 0.155. The molecule has 0 saturated carbocycles. The lowest BCUT2D eigenvalue weighted by Crippen LogP contribution is -2.13. The van der Waals surface area contributed by atoms with Gasteiger partial charge in [-0.3, -0.25) is 10.1 Å². The van der Waals surface area contributed by atoms with Crippen molar-refractivity contribution >= 4 is 18.1 Å². The van der Waals surface area contributed by atoms with Gasteiger partial charge in [0.15, 0.2) is 6.61 Å². The van der Waals surface area contributed by atoms with E-state index in [9.17, 15) is 9.59 Å². The summed E-state index contributed by atoms with van der Waals surface area (Å²) in [4.78, 5) is 21.7. The molecule has 21 heavy (non-hydrogen) atoms. The fourth-order valence-electron chi connectivity index (χ4n) is 1.62. The van der Waals surface area contributed by atoms with Crippen LogP contribution < -0.4 is 10.1 Å². The van der Waals surface area contributed by atoms with E-state index in [-0.39, 0.29) is 13.2 Å². The maximum Gasteiger partial charge on any atom is 0.411 e. The molecule has 5 nitrogen and oxygen atoms in total. The van der Waals surface area contributed by atoms with Crippen LogP contribution in [0.5, 0.6) is 5.75 Å². The summed E-state index contributed by atoms with van der Waals surface area (Å²) < 4.78 is 10.1. The SMILES string of the molecule is O=[C]COc1ccc(NC(=O)OCc2ccccc2)cc1. The Morgan fingerprint density at radius 2 is 1.76 bits per heavy atom. The van der Waals surface area contributed by atoms with Crippen LogP contribution in [0.15, 0.2) is 54.6 Å². The minimum absolute atomic E-state index is 0.119. The van der Waals surface area contributed by atoms with Gasteiger partial charge in [-0.2, -0.15) is 0 Å². The van der Waals surface area contributed by atoms with Crippen LogP contribution in [0.1, 0.15) is 5.56 Å². The molecule has 0 aliphatic heterocycles. The van der Waals surface area contributed by atoms with Crippen LogP contribution in [0.25, 0.3) is 0 Å². The van der Waals surface area contributed by atoms with Crippen molar-refractivity contribution in [1.82, 2.24) is 0 Å². The Morgan fingerprint density at radius 3 is 2.43 bits per heavy atom. The first kappa shape index (κ1) is 14.6. The fourth-order valence-corrected chi connectivity index (χ4v) is 1.62. The van der Waals surface area contributed by atoms with E-state index in [0.717, 1.165) is 5.56 Å². The van der Waals surface area contributed by atoms with Crippen molar-refractivity contribution in [2.45, 2.75) is 6.61 Å². The third kappa shape index (κ3) is 4.99. The molecule has 2 aromatic carbocycles. The Morgan fingerprint density at radius 1 is 1.05 bits per heavy atom. The number of rotatable bonds is 6. The van der Waals surface area contributed by atoms with Gasteiger partial charge in [-0.1, -0.05) is 30.3 Å². The summed E-state index contributed by atoms with van der Waals surface area (Å²) in [6.07, 6.45) is 1.10. The highest BCUT2D eigenvalue weighted by Crippen LogP contribution is 2.15. The number of carbonyl (C=O) groups excluding carboxylic acids is 2. The molecule has 0 fully saturated rings. The molecule has 2 aromatic rings. The van der Waals surface area contributed by atoms with Crippen molar-refractivity contribution in [3.05, 3.63) is 60.2 Å². The number of amides is 1. The van der Waals surface area contributed by atoms with Crippen LogP contribution in [0, 0.1) is 0 Å². The molecule has 2 rings (SSSR count). The van der Waals surface area contributed by atoms with Gasteiger partial charge >= 0.3 is 6.09 Å². The highest BCUT2D eigenvalue weighted by molar-refractivity contribution is 5.84. The third-order valence-corrected chi connectivity index (χ3v) is 2.61. The molecule has 0 bridgehead atoms. The molecule has 0 aliphatic carbocycles. The molecule has 0 saturated heterocycles. The average Bonchev–Trinajstić information content (AvgIpc) is 2.53. The van der Waals surface area contributed by atoms with Crippen LogP contribution in [0.4, 0.5) is 10.5 Å². The Balaban J connectivity index is 1.80. The number of anilines is 1. The molecule has 107 valence electrons. The van der Waals surface area contributed by atoms with Gasteiger partial charge in [0.2, 0.25) is 6.29 Å². The van der Waals surface area contributed by atoms with Gasteiger partial charge in [0, 0.05) is 5.69 Å². The van der Waals surface area contributed by atoms with E-state index in [4.69, 9.17) is 9.47 Å². The molecule has 1 N–H and O–H groups in total. The molecule has 1 radical (unpaired) electrons. The molecule has 0 aromatic heterocycles.